The number of carbonyl (C=O) groups is 2. The van der Waals surface area contributed by atoms with E-state index in [9.17, 15) is 24.2 Å². The van der Waals surface area contributed by atoms with Crippen LogP contribution in [0.1, 0.15) is 162 Å². The van der Waals surface area contributed by atoms with Crippen molar-refractivity contribution in [2.75, 3.05) is 26.4 Å². The summed E-state index contributed by atoms with van der Waals surface area (Å²) in [7, 11) is -4.63. The number of hydrogen-bond acceptors (Lipinski definition) is 9. The Morgan fingerprint density at radius 1 is 0.536 bits per heavy atom. The minimum Gasteiger partial charge on any atom is -0.462 e. The fourth-order valence-corrected chi connectivity index (χ4v) is 6.02. The van der Waals surface area contributed by atoms with Crippen molar-refractivity contribution in [2.45, 2.75) is 174 Å². The largest absolute Gasteiger partial charge is 0.472 e. The molecule has 0 aliphatic rings. The highest BCUT2D eigenvalue weighted by atomic mass is 31.2. The monoisotopic (exact) mass is 809 g/mol. The SMILES string of the molecule is CCCC/C=C/C/C=C/CCCCCCCC(=O)O[C@@H](COC(=O)CCCCC/C=C/C/C=C/C/C=C/C/C=C/CCCCC)COP(=O)(O)OC[C@H](O)CO. The summed E-state index contributed by atoms with van der Waals surface area (Å²) in [6.45, 7) is 2.24. The van der Waals surface area contributed by atoms with Crippen molar-refractivity contribution in [1.82, 2.24) is 0 Å². The molecular weight excluding hydrogens is 731 g/mol. The van der Waals surface area contributed by atoms with Crippen molar-refractivity contribution in [3.05, 3.63) is 72.9 Å². The second-order valence-corrected chi connectivity index (χ2v) is 15.5. The molecule has 0 spiro atoms. The lowest BCUT2D eigenvalue weighted by molar-refractivity contribution is -0.161. The van der Waals surface area contributed by atoms with Crippen molar-refractivity contribution in [3.8, 4) is 0 Å². The molecule has 3 N–H and O–H groups in total. The van der Waals surface area contributed by atoms with Crippen LogP contribution in [-0.4, -0.2) is 65.7 Å². The Balaban J connectivity index is 4.40. The van der Waals surface area contributed by atoms with Crippen molar-refractivity contribution in [1.29, 1.82) is 0 Å². The average molecular weight is 809 g/mol. The van der Waals surface area contributed by atoms with Crippen molar-refractivity contribution < 1.29 is 47.8 Å². The van der Waals surface area contributed by atoms with E-state index in [-0.39, 0.29) is 19.4 Å². The Hall–Kier alpha value is -2.59. The Morgan fingerprint density at radius 3 is 1.46 bits per heavy atom. The van der Waals surface area contributed by atoms with Gasteiger partial charge in [-0.05, 0) is 83.5 Å². The summed E-state index contributed by atoms with van der Waals surface area (Å²) in [5.41, 5.74) is 0. The van der Waals surface area contributed by atoms with Gasteiger partial charge in [0.2, 0.25) is 0 Å². The highest BCUT2D eigenvalue weighted by molar-refractivity contribution is 7.47. The number of aliphatic hydroxyl groups is 2. The summed E-state index contributed by atoms with van der Waals surface area (Å²) in [6, 6.07) is 0. The minimum absolute atomic E-state index is 0.157. The van der Waals surface area contributed by atoms with Crippen molar-refractivity contribution in [2.24, 2.45) is 0 Å². The number of phosphoric acid groups is 1. The summed E-state index contributed by atoms with van der Waals surface area (Å²) in [5.74, 6) is -0.984. The van der Waals surface area contributed by atoms with E-state index in [0.717, 1.165) is 83.5 Å². The van der Waals surface area contributed by atoms with Gasteiger partial charge in [0.05, 0.1) is 19.8 Å². The Labute approximate surface area is 339 Å². The molecule has 0 aliphatic carbocycles. The van der Waals surface area contributed by atoms with Gasteiger partial charge >= 0.3 is 19.8 Å². The molecule has 0 radical (unpaired) electrons. The van der Waals surface area contributed by atoms with Crippen LogP contribution in [0.2, 0.25) is 0 Å². The molecule has 0 rings (SSSR count). The van der Waals surface area contributed by atoms with Gasteiger partial charge in [0, 0.05) is 12.8 Å². The molecule has 1 unspecified atom stereocenters. The van der Waals surface area contributed by atoms with Crippen LogP contribution in [0.15, 0.2) is 72.9 Å². The van der Waals surface area contributed by atoms with Gasteiger partial charge in [0.15, 0.2) is 6.10 Å². The van der Waals surface area contributed by atoms with Crippen LogP contribution in [0.25, 0.3) is 0 Å². The Bertz CT molecular complexity index is 1160. The van der Waals surface area contributed by atoms with Crippen LogP contribution in [0.4, 0.5) is 0 Å². The third-order valence-corrected chi connectivity index (χ3v) is 9.53. The van der Waals surface area contributed by atoms with Crippen LogP contribution in [0.5, 0.6) is 0 Å². The molecule has 11 heteroatoms. The maximum absolute atomic E-state index is 12.6. The van der Waals surface area contributed by atoms with Crippen molar-refractivity contribution in [3.63, 3.8) is 0 Å². The standard InChI is InChI=1S/C45H77O10P/c1-3-5-7-9-11-13-15-17-19-20-21-22-23-25-26-28-30-32-34-36-44(48)52-40-43(41-54-56(50,51)53-39-42(47)38-46)55-45(49)37-35-33-31-29-27-24-18-16-14-12-10-8-6-4-2/h10-13,16-19,21-22,25-26,42-43,46-47H,3-9,14-15,20,23-24,27-41H2,1-2H3,(H,50,51)/b12-10+,13-11+,18-16+,19-17+,22-21+,26-25+/t42-,43+/m1/s1. The van der Waals surface area contributed by atoms with E-state index in [4.69, 9.17) is 19.1 Å². The summed E-state index contributed by atoms with van der Waals surface area (Å²) < 4.78 is 32.6. The zero-order chi connectivity index (χ0) is 41.2. The smallest absolute Gasteiger partial charge is 0.462 e. The van der Waals surface area contributed by atoms with Gasteiger partial charge in [-0.1, -0.05) is 138 Å². The first kappa shape index (κ1) is 53.4. The molecule has 0 bridgehead atoms. The van der Waals surface area contributed by atoms with Gasteiger partial charge in [-0.15, -0.1) is 0 Å². The first-order valence-electron chi connectivity index (χ1n) is 21.4. The molecule has 0 fully saturated rings. The van der Waals surface area contributed by atoms with E-state index in [2.05, 4.69) is 91.3 Å². The fraction of sp³-hybridized carbons (Fsp3) is 0.689. The molecule has 0 heterocycles. The number of rotatable bonds is 39. The molecule has 0 aliphatic heterocycles. The number of carbonyl (C=O) groups excluding carboxylic acids is 2. The van der Waals surface area contributed by atoms with Gasteiger partial charge in [-0.3, -0.25) is 18.6 Å². The average Bonchev–Trinajstić information content (AvgIpc) is 3.19. The van der Waals surface area contributed by atoms with Crippen LogP contribution < -0.4 is 0 Å². The predicted molar refractivity (Wildman–Crippen MR) is 228 cm³/mol. The third kappa shape index (κ3) is 39.6. The summed E-state index contributed by atoms with van der Waals surface area (Å²) >= 11 is 0. The Kier molecular flexibility index (Phi) is 38.7. The maximum Gasteiger partial charge on any atom is 0.472 e. The summed E-state index contributed by atoms with van der Waals surface area (Å²) in [6.07, 6.45) is 45.8. The third-order valence-electron chi connectivity index (χ3n) is 8.58. The van der Waals surface area contributed by atoms with E-state index in [0.29, 0.717) is 12.8 Å². The molecule has 3 atom stereocenters. The zero-order valence-electron chi connectivity index (χ0n) is 34.8. The Morgan fingerprint density at radius 2 is 0.946 bits per heavy atom. The fourth-order valence-electron chi connectivity index (χ4n) is 5.23. The number of phosphoric ester groups is 1. The summed E-state index contributed by atoms with van der Waals surface area (Å²) in [4.78, 5) is 35.0. The molecular formula is C45H77O10P. The molecule has 0 saturated carbocycles. The molecule has 0 aromatic heterocycles. The topological polar surface area (TPSA) is 149 Å². The number of esters is 2. The molecule has 0 aromatic carbocycles. The van der Waals surface area contributed by atoms with E-state index < -0.39 is 51.8 Å². The lowest BCUT2D eigenvalue weighted by Crippen LogP contribution is -2.29. The quantitative estimate of drug-likeness (QED) is 0.0237. The highest BCUT2D eigenvalue weighted by Gasteiger charge is 2.27. The van der Waals surface area contributed by atoms with Gasteiger partial charge in [-0.2, -0.15) is 0 Å². The summed E-state index contributed by atoms with van der Waals surface area (Å²) in [5, 5.41) is 18.3. The first-order valence-corrected chi connectivity index (χ1v) is 22.9. The number of aliphatic hydroxyl groups excluding tert-OH is 2. The number of ether oxygens (including phenoxy) is 2. The minimum atomic E-state index is -4.63. The normalized spacial score (nSPS) is 14.6. The molecule has 10 nitrogen and oxygen atoms in total. The maximum atomic E-state index is 12.6. The van der Waals surface area contributed by atoms with Crippen LogP contribution >= 0.6 is 7.82 Å². The lowest BCUT2D eigenvalue weighted by Gasteiger charge is -2.20. The molecule has 0 amide bonds. The van der Waals surface area contributed by atoms with Crippen LogP contribution in [0.3, 0.4) is 0 Å². The number of hydrogen-bond donors (Lipinski definition) is 3. The highest BCUT2D eigenvalue weighted by Crippen LogP contribution is 2.43. The predicted octanol–water partition coefficient (Wildman–Crippen LogP) is 11.3. The lowest BCUT2D eigenvalue weighted by atomic mass is 10.1. The van der Waals surface area contributed by atoms with E-state index >= 15 is 0 Å². The van der Waals surface area contributed by atoms with Gasteiger partial charge in [0.25, 0.3) is 0 Å². The van der Waals surface area contributed by atoms with Gasteiger partial charge in [-0.25, -0.2) is 4.57 Å². The number of allylic oxidation sites excluding steroid dienone is 12. The molecule has 0 aromatic rings. The van der Waals surface area contributed by atoms with Gasteiger partial charge < -0.3 is 24.6 Å². The van der Waals surface area contributed by atoms with Crippen LogP contribution in [0, 0.1) is 0 Å². The molecule has 56 heavy (non-hydrogen) atoms. The number of unbranched alkanes of at least 4 members (excludes halogenated alkanes) is 13. The zero-order valence-corrected chi connectivity index (χ0v) is 35.7. The van der Waals surface area contributed by atoms with Gasteiger partial charge in [0.1, 0.15) is 12.7 Å². The van der Waals surface area contributed by atoms with E-state index in [1.807, 2.05) is 0 Å². The van der Waals surface area contributed by atoms with Crippen LogP contribution in [-0.2, 0) is 32.7 Å². The van der Waals surface area contributed by atoms with E-state index in [1.165, 1.54) is 38.5 Å². The molecule has 322 valence electrons. The van der Waals surface area contributed by atoms with Crippen molar-refractivity contribution >= 4 is 19.8 Å². The first-order chi connectivity index (χ1) is 27.2. The molecule has 0 saturated heterocycles. The second kappa shape index (κ2) is 40.6. The second-order valence-electron chi connectivity index (χ2n) is 14.0. The van der Waals surface area contributed by atoms with E-state index in [1.54, 1.807) is 0 Å².